The highest BCUT2D eigenvalue weighted by molar-refractivity contribution is 7.89. The summed E-state index contributed by atoms with van der Waals surface area (Å²) in [5.74, 6) is -0.426. The molecule has 0 atom stereocenters. The average molecular weight is 405 g/mol. The standard InChI is InChI=1S/C17H16ClF3N2O2S/c18-13-3-5-14(6-4-13)26(24,25)23-10-7-12(8-11-23)16-15(17(19,20)21)2-1-9-22-16/h1-6,9,12H,7-8,10-11H2. The van der Waals surface area contributed by atoms with Gasteiger partial charge in [-0.15, -0.1) is 0 Å². The Morgan fingerprint density at radius 3 is 2.27 bits per heavy atom. The number of hydrogen-bond acceptors (Lipinski definition) is 3. The SMILES string of the molecule is O=S(=O)(c1ccc(Cl)cc1)N1CCC(c2ncccc2C(F)(F)F)CC1. The molecule has 0 amide bonds. The number of sulfonamides is 1. The molecule has 2 heterocycles. The predicted octanol–water partition coefficient (Wildman–Crippen LogP) is 4.32. The monoisotopic (exact) mass is 404 g/mol. The van der Waals surface area contributed by atoms with E-state index in [9.17, 15) is 21.6 Å². The van der Waals surface area contributed by atoms with Crippen LogP contribution in [-0.4, -0.2) is 30.8 Å². The van der Waals surface area contributed by atoms with E-state index in [4.69, 9.17) is 11.6 Å². The summed E-state index contributed by atoms with van der Waals surface area (Å²) in [6, 6.07) is 8.09. The number of hydrogen-bond donors (Lipinski definition) is 0. The van der Waals surface area contributed by atoms with Gasteiger partial charge in [-0.2, -0.15) is 17.5 Å². The lowest BCUT2D eigenvalue weighted by atomic mass is 9.91. The van der Waals surface area contributed by atoms with Crippen LogP contribution in [0.4, 0.5) is 13.2 Å². The molecular weight excluding hydrogens is 389 g/mol. The van der Waals surface area contributed by atoms with Crippen molar-refractivity contribution in [2.75, 3.05) is 13.1 Å². The fourth-order valence-corrected chi connectivity index (χ4v) is 4.70. The maximum atomic E-state index is 13.2. The van der Waals surface area contributed by atoms with Gasteiger partial charge in [0.2, 0.25) is 10.0 Å². The van der Waals surface area contributed by atoms with E-state index in [2.05, 4.69) is 4.98 Å². The van der Waals surface area contributed by atoms with Crippen LogP contribution in [0.3, 0.4) is 0 Å². The van der Waals surface area contributed by atoms with Gasteiger partial charge in [0.15, 0.2) is 0 Å². The smallest absolute Gasteiger partial charge is 0.260 e. The van der Waals surface area contributed by atoms with E-state index in [0.717, 1.165) is 6.07 Å². The minimum Gasteiger partial charge on any atom is -0.260 e. The maximum absolute atomic E-state index is 13.2. The van der Waals surface area contributed by atoms with Gasteiger partial charge in [0.05, 0.1) is 16.2 Å². The minimum absolute atomic E-state index is 0.0106. The van der Waals surface area contributed by atoms with Crippen LogP contribution in [0.2, 0.25) is 5.02 Å². The first-order chi connectivity index (χ1) is 12.2. The Bertz CT molecular complexity index is 878. The van der Waals surface area contributed by atoms with Gasteiger partial charge in [-0.1, -0.05) is 11.6 Å². The molecule has 1 aliphatic heterocycles. The van der Waals surface area contributed by atoms with E-state index in [1.54, 1.807) is 0 Å². The Morgan fingerprint density at radius 2 is 1.69 bits per heavy atom. The molecule has 0 aliphatic carbocycles. The first-order valence-electron chi connectivity index (χ1n) is 7.97. The van der Waals surface area contributed by atoms with Crippen LogP contribution in [0.5, 0.6) is 0 Å². The summed E-state index contributed by atoms with van der Waals surface area (Å²) in [7, 11) is -3.69. The number of aromatic nitrogens is 1. The predicted molar refractivity (Wildman–Crippen MR) is 91.4 cm³/mol. The molecule has 2 aromatic rings. The zero-order chi connectivity index (χ0) is 18.9. The zero-order valence-corrected chi connectivity index (χ0v) is 15.2. The molecule has 3 rings (SSSR count). The van der Waals surface area contributed by atoms with Crippen LogP contribution < -0.4 is 0 Å². The van der Waals surface area contributed by atoms with E-state index >= 15 is 0 Å². The lowest BCUT2D eigenvalue weighted by Gasteiger charge is -2.31. The van der Waals surface area contributed by atoms with Crippen molar-refractivity contribution in [3.05, 3.63) is 58.9 Å². The zero-order valence-electron chi connectivity index (χ0n) is 13.6. The number of benzene rings is 1. The van der Waals surface area contributed by atoms with Gasteiger partial charge in [0, 0.05) is 30.2 Å². The van der Waals surface area contributed by atoms with Gasteiger partial charge in [-0.25, -0.2) is 8.42 Å². The molecular formula is C17H16ClF3N2O2S. The van der Waals surface area contributed by atoms with Crippen LogP contribution in [0.15, 0.2) is 47.5 Å². The van der Waals surface area contributed by atoms with Gasteiger partial charge in [-0.3, -0.25) is 4.98 Å². The topological polar surface area (TPSA) is 50.3 Å². The summed E-state index contributed by atoms with van der Waals surface area (Å²) in [6.07, 6.45) is -2.57. The second-order valence-corrected chi connectivity index (χ2v) is 8.44. The third-order valence-corrected chi connectivity index (χ3v) is 6.60. The summed E-state index contributed by atoms with van der Waals surface area (Å²) < 4.78 is 66.1. The minimum atomic E-state index is -4.48. The average Bonchev–Trinajstić information content (AvgIpc) is 2.61. The van der Waals surface area contributed by atoms with Crippen LogP contribution in [0.1, 0.15) is 30.0 Å². The molecule has 4 nitrogen and oxygen atoms in total. The third-order valence-electron chi connectivity index (χ3n) is 4.44. The number of pyridine rings is 1. The molecule has 1 fully saturated rings. The molecule has 1 saturated heterocycles. The second kappa shape index (κ2) is 7.17. The van der Waals surface area contributed by atoms with E-state index in [1.807, 2.05) is 0 Å². The number of nitrogens with zero attached hydrogens (tertiary/aromatic N) is 2. The molecule has 9 heteroatoms. The van der Waals surface area contributed by atoms with Gasteiger partial charge < -0.3 is 0 Å². The summed E-state index contributed by atoms with van der Waals surface area (Å²) in [4.78, 5) is 4.04. The molecule has 0 unspecified atom stereocenters. The van der Waals surface area contributed by atoms with Gasteiger partial charge in [0.1, 0.15) is 0 Å². The van der Waals surface area contributed by atoms with Crippen molar-refractivity contribution < 1.29 is 21.6 Å². The van der Waals surface area contributed by atoms with Gasteiger partial charge in [0.25, 0.3) is 0 Å². The summed E-state index contributed by atoms with van der Waals surface area (Å²) in [5, 5.41) is 0.428. The van der Waals surface area contributed by atoms with Crippen molar-refractivity contribution in [2.45, 2.75) is 29.8 Å². The highest BCUT2D eigenvalue weighted by atomic mass is 35.5. The molecule has 26 heavy (non-hydrogen) atoms. The first kappa shape index (κ1) is 19.1. The molecule has 0 N–H and O–H groups in total. The molecule has 0 bridgehead atoms. The summed E-state index contributed by atoms with van der Waals surface area (Å²) >= 11 is 5.78. The third kappa shape index (κ3) is 3.87. The molecule has 1 aliphatic rings. The molecule has 1 aromatic carbocycles. The molecule has 0 spiro atoms. The molecule has 140 valence electrons. The Kier molecular flexibility index (Phi) is 5.28. The Labute approximate surface area is 154 Å². The number of alkyl halides is 3. The van der Waals surface area contributed by atoms with Gasteiger partial charge in [-0.05, 0) is 49.2 Å². The van der Waals surface area contributed by atoms with Crippen molar-refractivity contribution in [2.24, 2.45) is 0 Å². The number of piperidine rings is 1. The van der Waals surface area contributed by atoms with Crippen molar-refractivity contribution in [1.29, 1.82) is 0 Å². The van der Waals surface area contributed by atoms with Crippen LogP contribution >= 0.6 is 11.6 Å². The van der Waals surface area contributed by atoms with Crippen LogP contribution in [0, 0.1) is 0 Å². The fraction of sp³-hybridized carbons (Fsp3) is 0.353. The Morgan fingerprint density at radius 1 is 1.08 bits per heavy atom. The summed E-state index contributed by atoms with van der Waals surface area (Å²) in [5.41, 5.74) is -0.762. The van der Waals surface area contributed by atoms with Crippen molar-refractivity contribution in [1.82, 2.24) is 9.29 Å². The van der Waals surface area contributed by atoms with E-state index < -0.39 is 27.7 Å². The normalized spacial score (nSPS) is 17.4. The number of rotatable bonds is 3. The second-order valence-electron chi connectivity index (χ2n) is 6.07. The van der Waals surface area contributed by atoms with Crippen LogP contribution in [-0.2, 0) is 16.2 Å². The summed E-state index contributed by atoms with van der Waals surface area (Å²) in [6.45, 7) is 0.285. The van der Waals surface area contributed by atoms with E-state index in [0.29, 0.717) is 5.02 Å². The molecule has 0 radical (unpaired) electrons. The van der Waals surface area contributed by atoms with E-state index in [-0.39, 0.29) is 36.5 Å². The Balaban J connectivity index is 1.77. The lowest BCUT2D eigenvalue weighted by Crippen LogP contribution is -2.38. The maximum Gasteiger partial charge on any atom is 0.418 e. The largest absolute Gasteiger partial charge is 0.418 e. The van der Waals surface area contributed by atoms with Gasteiger partial charge >= 0.3 is 6.18 Å². The van der Waals surface area contributed by atoms with Crippen LogP contribution in [0.25, 0.3) is 0 Å². The first-order valence-corrected chi connectivity index (χ1v) is 9.79. The Hall–Kier alpha value is -1.64. The highest BCUT2D eigenvalue weighted by Crippen LogP contribution is 2.38. The van der Waals surface area contributed by atoms with Crippen molar-refractivity contribution in [3.63, 3.8) is 0 Å². The van der Waals surface area contributed by atoms with Crippen molar-refractivity contribution >= 4 is 21.6 Å². The van der Waals surface area contributed by atoms with E-state index in [1.165, 1.54) is 40.8 Å². The number of halogens is 4. The highest BCUT2D eigenvalue weighted by Gasteiger charge is 2.38. The fourth-order valence-electron chi connectivity index (χ4n) is 3.11. The molecule has 0 saturated carbocycles. The van der Waals surface area contributed by atoms with Crippen molar-refractivity contribution in [3.8, 4) is 0 Å². The molecule has 1 aromatic heterocycles. The lowest BCUT2D eigenvalue weighted by molar-refractivity contribution is -0.138. The quantitative estimate of drug-likeness (QED) is 0.765.